The number of aliphatic carboxylic acids is 1. The Kier molecular flexibility index (Phi) is 6.84. The molecule has 2 N–H and O–H groups in total. The van der Waals surface area contributed by atoms with Crippen LogP contribution >= 0.6 is 0 Å². The van der Waals surface area contributed by atoms with Gasteiger partial charge in [-0.05, 0) is 31.7 Å². The minimum absolute atomic E-state index is 0.143. The molecule has 1 amide bonds. The van der Waals surface area contributed by atoms with Crippen LogP contribution in [0.1, 0.15) is 55.1 Å². The monoisotopic (exact) mass is 281 g/mol. The SMILES string of the molecule is CCCC(CCNC(=O)c1coc(C)c1)CCC(=O)O. The predicted octanol–water partition coefficient (Wildman–Crippen LogP) is 2.99. The normalized spacial score (nSPS) is 12.1. The first-order chi connectivity index (χ1) is 9.52. The van der Waals surface area contributed by atoms with E-state index in [1.165, 1.54) is 6.26 Å². The first-order valence-corrected chi connectivity index (χ1v) is 7.08. The van der Waals surface area contributed by atoms with Gasteiger partial charge in [-0.3, -0.25) is 9.59 Å². The minimum Gasteiger partial charge on any atom is -0.481 e. The maximum atomic E-state index is 11.8. The Balaban J connectivity index is 2.32. The summed E-state index contributed by atoms with van der Waals surface area (Å²) in [5, 5.41) is 11.6. The Morgan fingerprint density at radius 3 is 2.65 bits per heavy atom. The van der Waals surface area contributed by atoms with Crippen molar-refractivity contribution in [2.75, 3.05) is 6.54 Å². The molecule has 5 heteroatoms. The molecular weight excluding hydrogens is 258 g/mol. The second-order valence-corrected chi connectivity index (χ2v) is 5.08. The Labute approximate surface area is 119 Å². The highest BCUT2D eigenvalue weighted by atomic mass is 16.4. The molecule has 1 heterocycles. The van der Waals surface area contributed by atoms with E-state index < -0.39 is 5.97 Å². The molecule has 0 spiro atoms. The number of rotatable bonds is 9. The number of furan rings is 1. The molecule has 20 heavy (non-hydrogen) atoms. The van der Waals surface area contributed by atoms with Gasteiger partial charge in [0.2, 0.25) is 0 Å². The molecule has 1 rings (SSSR count). The highest BCUT2D eigenvalue weighted by molar-refractivity contribution is 5.93. The van der Waals surface area contributed by atoms with E-state index in [0.717, 1.165) is 19.3 Å². The summed E-state index contributed by atoms with van der Waals surface area (Å²) in [4.78, 5) is 22.4. The topological polar surface area (TPSA) is 79.5 Å². The molecule has 0 aromatic carbocycles. The Bertz CT molecular complexity index is 439. The van der Waals surface area contributed by atoms with Crippen LogP contribution < -0.4 is 5.32 Å². The van der Waals surface area contributed by atoms with Crippen LogP contribution in [0.15, 0.2) is 16.7 Å². The van der Waals surface area contributed by atoms with E-state index in [-0.39, 0.29) is 12.3 Å². The van der Waals surface area contributed by atoms with Gasteiger partial charge in [0.05, 0.1) is 5.56 Å². The summed E-state index contributed by atoms with van der Waals surface area (Å²) in [5.41, 5.74) is 0.528. The van der Waals surface area contributed by atoms with Crippen molar-refractivity contribution in [2.24, 2.45) is 5.92 Å². The molecule has 1 atom stereocenters. The standard InChI is InChI=1S/C15H23NO4/c1-3-4-12(5-6-14(17)18)7-8-16-15(19)13-9-11(2)20-10-13/h9-10,12H,3-8H2,1-2H3,(H,16,19)(H,17,18). The zero-order valence-electron chi connectivity index (χ0n) is 12.1. The van der Waals surface area contributed by atoms with E-state index in [1.54, 1.807) is 13.0 Å². The molecule has 5 nitrogen and oxygen atoms in total. The number of nitrogens with one attached hydrogen (secondary N) is 1. The largest absolute Gasteiger partial charge is 0.481 e. The van der Waals surface area contributed by atoms with Crippen molar-refractivity contribution in [3.05, 3.63) is 23.7 Å². The van der Waals surface area contributed by atoms with Crippen LogP contribution in [0, 0.1) is 12.8 Å². The average Bonchev–Trinajstić information content (AvgIpc) is 2.82. The Hall–Kier alpha value is -1.78. The lowest BCUT2D eigenvalue weighted by Gasteiger charge is -2.15. The number of hydrogen-bond acceptors (Lipinski definition) is 3. The van der Waals surface area contributed by atoms with Crippen molar-refractivity contribution >= 4 is 11.9 Å². The summed E-state index contributed by atoms with van der Waals surface area (Å²) in [5.74, 6) is 0.155. The molecule has 1 aromatic rings. The van der Waals surface area contributed by atoms with Crippen LogP contribution in [0.5, 0.6) is 0 Å². The molecule has 0 radical (unpaired) electrons. The smallest absolute Gasteiger partial charge is 0.303 e. The number of carbonyl (C=O) groups is 2. The number of hydrogen-bond donors (Lipinski definition) is 2. The fraction of sp³-hybridized carbons (Fsp3) is 0.600. The molecule has 0 aliphatic rings. The first-order valence-electron chi connectivity index (χ1n) is 7.08. The van der Waals surface area contributed by atoms with Crippen LogP contribution in [0.2, 0.25) is 0 Å². The second kappa shape index (κ2) is 8.40. The zero-order chi connectivity index (χ0) is 15.0. The fourth-order valence-corrected chi connectivity index (χ4v) is 2.22. The predicted molar refractivity (Wildman–Crippen MR) is 75.7 cm³/mol. The molecule has 0 aliphatic heterocycles. The number of carboxylic acids is 1. The van der Waals surface area contributed by atoms with Crippen LogP contribution in [0.25, 0.3) is 0 Å². The van der Waals surface area contributed by atoms with Crippen LogP contribution in [0.4, 0.5) is 0 Å². The molecule has 0 bridgehead atoms. The maximum absolute atomic E-state index is 11.8. The van der Waals surface area contributed by atoms with Gasteiger partial charge in [-0.15, -0.1) is 0 Å². The number of aryl methyl sites for hydroxylation is 1. The van der Waals surface area contributed by atoms with Gasteiger partial charge in [0.1, 0.15) is 12.0 Å². The van der Waals surface area contributed by atoms with Crippen LogP contribution in [0.3, 0.4) is 0 Å². The third-order valence-corrected chi connectivity index (χ3v) is 3.29. The maximum Gasteiger partial charge on any atom is 0.303 e. The van der Waals surface area contributed by atoms with Gasteiger partial charge in [-0.25, -0.2) is 0 Å². The molecule has 1 aromatic heterocycles. The van der Waals surface area contributed by atoms with Crippen LogP contribution in [-0.2, 0) is 4.79 Å². The lowest BCUT2D eigenvalue weighted by atomic mass is 9.94. The van der Waals surface area contributed by atoms with Crippen molar-refractivity contribution in [3.8, 4) is 0 Å². The third-order valence-electron chi connectivity index (χ3n) is 3.29. The zero-order valence-corrected chi connectivity index (χ0v) is 12.1. The van der Waals surface area contributed by atoms with Gasteiger partial charge in [-0.2, -0.15) is 0 Å². The first kappa shape index (κ1) is 16.3. The summed E-state index contributed by atoms with van der Waals surface area (Å²) >= 11 is 0. The summed E-state index contributed by atoms with van der Waals surface area (Å²) in [6.45, 7) is 4.44. The number of carboxylic acid groups (broad SMARTS) is 1. The van der Waals surface area contributed by atoms with Gasteiger partial charge in [0.25, 0.3) is 5.91 Å². The van der Waals surface area contributed by atoms with Crippen molar-refractivity contribution in [2.45, 2.75) is 46.0 Å². The lowest BCUT2D eigenvalue weighted by molar-refractivity contribution is -0.137. The van der Waals surface area contributed by atoms with Gasteiger partial charge in [-0.1, -0.05) is 19.8 Å². The molecule has 0 aliphatic carbocycles. The van der Waals surface area contributed by atoms with E-state index in [2.05, 4.69) is 12.2 Å². The average molecular weight is 281 g/mol. The third kappa shape index (κ3) is 5.91. The molecule has 0 saturated heterocycles. The van der Waals surface area contributed by atoms with Crippen molar-refractivity contribution in [1.29, 1.82) is 0 Å². The van der Waals surface area contributed by atoms with Crippen molar-refractivity contribution in [3.63, 3.8) is 0 Å². The van der Waals surface area contributed by atoms with Gasteiger partial charge >= 0.3 is 5.97 Å². The van der Waals surface area contributed by atoms with Crippen molar-refractivity contribution in [1.82, 2.24) is 5.32 Å². The minimum atomic E-state index is -0.760. The van der Waals surface area contributed by atoms with Crippen molar-refractivity contribution < 1.29 is 19.1 Å². The van der Waals surface area contributed by atoms with E-state index >= 15 is 0 Å². The number of carbonyl (C=O) groups excluding carboxylic acids is 1. The van der Waals surface area contributed by atoms with E-state index in [1.807, 2.05) is 0 Å². The molecule has 0 fully saturated rings. The lowest BCUT2D eigenvalue weighted by Crippen LogP contribution is -2.25. The summed E-state index contributed by atoms with van der Waals surface area (Å²) in [6.07, 6.45) is 5.14. The van der Waals surface area contributed by atoms with Gasteiger partial charge in [0, 0.05) is 13.0 Å². The fourth-order valence-electron chi connectivity index (χ4n) is 2.22. The Morgan fingerprint density at radius 2 is 2.10 bits per heavy atom. The molecular formula is C15H23NO4. The molecule has 0 saturated carbocycles. The van der Waals surface area contributed by atoms with Crippen LogP contribution in [-0.4, -0.2) is 23.5 Å². The molecule has 1 unspecified atom stereocenters. The summed E-state index contributed by atoms with van der Waals surface area (Å²) in [7, 11) is 0. The highest BCUT2D eigenvalue weighted by Crippen LogP contribution is 2.17. The quantitative estimate of drug-likeness (QED) is 0.729. The van der Waals surface area contributed by atoms with Gasteiger partial charge < -0.3 is 14.8 Å². The van der Waals surface area contributed by atoms with Gasteiger partial charge in [0.15, 0.2) is 0 Å². The van der Waals surface area contributed by atoms with E-state index in [0.29, 0.717) is 30.2 Å². The summed E-state index contributed by atoms with van der Waals surface area (Å²) < 4.78 is 5.09. The molecule has 112 valence electrons. The second-order valence-electron chi connectivity index (χ2n) is 5.08. The van der Waals surface area contributed by atoms with E-state index in [4.69, 9.17) is 9.52 Å². The number of amides is 1. The van der Waals surface area contributed by atoms with E-state index in [9.17, 15) is 9.59 Å². The highest BCUT2D eigenvalue weighted by Gasteiger charge is 2.12. The Morgan fingerprint density at radius 1 is 1.35 bits per heavy atom. The summed E-state index contributed by atoms with van der Waals surface area (Å²) in [6, 6.07) is 1.70.